The lowest BCUT2D eigenvalue weighted by molar-refractivity contribution is 0.694. The van der Waals surface area contributed by atoms with Gasteiger partial charge in [0.15, 0.2) is 5.13 Å². The van der Waals surface area contributed by atoms with Crippen molar-refractivity contribution in [3.8, 4) is 0 Å². The molecule has 1 aromatic heterocycles. The lowest BCUT2D eigenvalue weighted by Gasteiger charge is -2.25. The number of hydrogen-bond acceptors (Lipinski definition) is 4. The van der Waals surface area contributed by atoms with E-state index >= 15 is 0 Å². The number of nitrogens with one attached hydrogen (secondary N) is 1. The maximum atomic E-state index is 6.29. The first kappa shape index (κ1) is 14.8. The molecule has 0 spiro atoms. The molecule has 5 heteroatoms. The Kier molecular flexibility index (Phi) is 4.48. The summed E-state index contributed by atoms with van der Waals surface area (Å²) in [6.45, 7) is 3.08. The van der Waals surface area contributed by atoms with Gasteiger partial charge in [0.05, 0.1) is 6.04 Å². The molecule has 1 heterocycles. The lowest BCUT2D eigenvalue weighted by atomic mass is 10.1. The molecule has 1 saturated carbocycles. The van der Waals surface area contributed by atoms with Gasteiger partial charge in [-0.05, 0) is 31.4 Å². The van der Waals surface area contributed by atoms with Crippen LogP contribution in [0.4, 0.5) is 5.13 Å². The van der Waals surface area contributed by atoms with Gasteiger partial charge in [0.1, 0.15) is 0 Å². The number of rotatable bonds is 6. The minimum absolute atomic E-state index is 0.203. The van der Waals surface area contributed by atoms with E-state index in [0.717, 1.165) is 28.3 Å². The van der Waals surface area contributed by atoms with Gasteiger partial charge in [-0.1, -0.05) is 29.8 Å². The number of halogens is 1. The molecule has 1 atom stereocenters. The normalized spacial score (nSPS) is 16.0. The first-order chi connectivity index (χ1) is 10.1. The lowest BCUT2D eigenvalue weighted by Crippen LogP contribution is -2.21. The minimum atomic E-state index is 0.203. The van der Waals surface area contributed by atoms with Crippen molar-refractivity contribution in [2.45, 2.75) is 38.4 Å². The minimum Gasteiger partial charge on any atom is -0.344 e. The van der Waals surface area contributed by atoms with Gasteiger partial charge in [-0.2, -0.15) is 0 Å². The van der Waals surface area contributed by atoms with Crippen molar-refractivity contribution in [1.29, 1.82) is 0 Å². The molecule has 0 radical (unpaired) electrons. The second-order valence-electron chi connectivity index (χ2n) is 5.57. The summed E-state index contributed by atoms with van der Waals surface area (Å²) in [6.07, 6.45) is 4.61. The van der Waals surface area contributed by atoms with Crippen LogP contribution in [0.15, 0.2) is 30.5 Å². The first-order valence-corrected chi connectivity index (χ1v) is 8.50. The van der Waals surface area contributed by atoms with Crippen LogP contribution in [-0.2, 0) is 6.54 Å². The fourth-order valence-corrected chi connectivity index (χ4v) is 3.46. The third-order valence-electron chi connectivity index (χ3n) is 3.92. The van der Waals surface area contributed by atoms with Crippen molar-refractivity contribution in [3.05, 3.63) is 45.9 Å². The van der Waals surface area contributed by atoms with Gasteiger partial charge in [-0.3, -0.25) is 0 Å². The Hall–Kier alpha value is -1.10. The topological polar surface area (TPSA) is 28.2 Å². The number of benzene rings is 1. The van der Waals surface area contributed by atoms with E-state index in [9.17, 15) is 0 Å². The molecule has 0 amide bonds. The van der Waals surface area contributed by atoms with Crippen molar-refractivity contribution in [3.63, 3.8) is 0 Å². The van der Waals surface area contributed by atoms with E-state index in [0.29, 0.717) is 0 Å². The van der Waals surface area contributed by atoms with E-state index in [-0.39, 0.29) is 6.04 Å². The molecule has 3 rings (SSSR count). The monoisotopic (exact) mass is 321 g/mol. The summed E-state index contributed by atoms with van der Waals surface area (Å²) >= 11 is 8.04. The Bertz CT molecular complexity index is 609. The van der Waals surface area contributed by atoms with E-state index in [1.165, 1.54) is 17.7 Å². The number of hydrogen-bond donors (Lipinski definition) is 1. The van der Waals surface area contributed by atoms with Gasteiger partial charge in [0.25, 0.3) is 0 Å². The third-order valence-corrected chi connectivity index (χ3v) is 5.35. The van der Waals surface area contributed by atoms with Crippen LogP contribution in [0.5, 0.6) is 0 Å². The maximum Gasteiger partial charge on any atom is 0.185 e. The van der Waals surface area contributed by atoms with Crippen LogP contribution in [0.3, 0.4) is 0 Å². The van der Waals surface area contributed by atoms with Crippen LogP contribution in [0.2, 0.25) is 5.02 Å². The van der Waals surface area contributed by atoms with Gasteiger partial charge < -0.3 is 10.2 Å². The molecule has 21 heavy (non-hydrogen) atoms. The summed E-state index contributed by atoms with van der Waals surface area (Å²) in [7, 11) is 2.07. The highest BCUT2D eigenvalue weighted by Crippen LogP contribution is 2.32. The van der Waals surface area contributed by atoms with E-state index in [4.69, 9.17) is 11.6 Å². The molecule has 0 aliphatic heterocycles. The van der Waals surface area contributed by atoms with Crippen molar-refractivity contribution in [2.75, 3.05) is 11.9 Å². The zero-order chi connectivity index (χ0) is 14.8. The smallest absolute Gasteiger partial charge is 0.185 e. The third kappa shape index (κ3) is 3.57. The molecule has 1 fully saturated rings. The standard InChI is InChI=1S/C16H20ClN3S/c1-11(14-5-3-4-6-15(14)17)20(2)16-19-10-13(21-16)9-18-12-7-8-12/h3-6,10-12,18H,7-9H2,1-2H3. The number of aromatic nitrogens is 1. The Labute approximate surface area is 135 Å². The Morgan fingerprint density at radius 1 is 1.43 bits per heavy atom. The molecular weight excluding hydrogens is 302 g/mol. The molecule has 1 unspecified atom stereocenters. The van der Waals surface area contributed by atoms with E-state index in [1.807, 2.05) is 24.4 Å². The Morgan fingerprint density at radius 3 is 2.90 bits per heavy atom. The molecule has 1 aliphatic carbocycles. The molecule has 0 saturated heterocycles. The zero-order valence-corrected chi connectivity index (χ0v) is 13.9. The summed E-state index contributed by atoms with van der Waals surface area (Å²) in [5.41, 5.74) is 1.13. The van der Waals surface area contributed by atoms with E-state index < -0.39 is 0 Å². The fourth-order valence-electron chi connectivity index (χ4n) is 2.26. The van der Waals surface area contributed by atoms with Crippen LogP contribution in [0.25, 0.3) is 0 Å². The predicted molar refractivity (Wildman–Crippen MR) is 90.2 cm³/mol. The molecule has 1 aliphatic rings. The SMILES string of the molecule is CC(c1ccccc1Cl)N(C)c1ncc(CNC2CC2)s1. The molecule has 3 nitrogen and oxygen atoms in total. The highest BCUT2D eigenvalue weighted by Gasteiger charge is 2.21. The number of thiazole rings is 1. The predicted octanol–water partition coefficient (Wildman–Crippen LogP) is 4.25. The van der Waals surface area contributed by atoms with Crippen LogP contribution in [0.1, 0.15) is 36.2 Å². The van der Waals surface area contributed by atoms with E-state index in [2.05, 4.69) is 35.2 Å². The molecular formula is C16H20ClN3S. The van der Waals surface area contributed by atoms with Crippen molar-refractivity contribution in [2.24, 2.45) is 0 Å². The van der Waals surface area contributed by atoms with Crippen molar-refractivity contribution < 1.29 is 0 Å². The van der Waals surface area contributed by atoms with Gasteiger partial charge in [0, 0.05) is 35.7 Å². The van der Waals surface area contributed by atoms with Gasteiger partial charge in [-0.15, -0.1) is 11.3 Å². The van der Waals surface area contributed by atoms with Crippen molar-refractivity contribution >= 4 is 28.1 Å². The van der Waals surface area contributed by atoms with Gasteiger partial charge in [-0.25, -0.2) is 4.98 Å². The summed E-state index contributed by atoms with van der Waals surface area (Å²) in [5, 5.41) is 5.37. The van der Waals surface area contributed by atoms with Crippen molar-refractivity contribution in [1.82, 2.24) is 10.3 Å². The summed E-state index contributed by atoms with van der Waals surface area (Å²) in [5.74, 6) is 0. The highest BCUT2D eigenvalue weighted by molar-refractivity contribution is 7.15. The Morgan fingerprint density at radius 2 is 2.19 bits per heavy atom. The van der Waals surface area contributed by atoms with Crippen LogP contribution in [0, 0.1) is 0 Å². The zero-order valence-electron chi connectivity index (χ0n) is 12.3. The number of nitrogens with zero attached hydrogens (tertiary/aromatic N) is 2. The summed E-state index contributed by atoms with van der Waals surface area (Å²) < 4.78 is 0. The largest absolute Gasteiger partial charge is 0.344 e. The average molecular weight is 322 g/mol. The number of anilines is 1. The van der Waals surface area contributed by atoms with Crippen LogP contribution >= 0.6 is 22.9 Å². The van der Waals surface area contributed by atoms with Crippen LogP contribution in [-0.4, -0.2) is 18.1 Å². The van der Waals surface area contributed by atoms with Crippen LogP contribution < -0.4 is 10.2 Å². The molecule has 1 N–H and O–H groups in total. The quantitative estimate of drug-likeness (QED) is 0.862. The summed E-state index contributed by atoms with van der Waals surface area (Å²) in [4.78, 5) is 8.03. The second-order valence-corrected chi connectivity index (χ2v) is 7.07. The summed E-state index contributed by atoms with van der Waals surface area (Å²) in [6, 6.07) is 8.94. The molecule has 2 aromatic rings. The fraction of sp³-hybridized carbons (Fsp3) is 0.438. The highest BCUT2D eigenvalue weighted by atomic mass is 35.5. The second kappa shape index (κ2) is 6.34. The van der Waals surface area contributed by atoms with Gasteiger partial charge >= 0.3 is 0 Å². The maximum absolute atomic E-state index is 6.29. The first-order valence-electron chi connectivity index (χ1n) is 7.30. The molecule has 0 bridgehead atoms. The molecule has 112 valence electrons. The Balaban J connectivity index is 1.69. The molecule has 1 aromatic carbocycles. The van der Waals surface area contributed by atoms with E-state index in [1.54, 1.807) is 11.3 Å². The average Bonchev–Trinajstić information content (AvgIpc) is 3.21. The van der Waals surface area contributed by atoms with Gasteiger partial charge in [0.2, 0.25) is 0 Å².